The van der Waals surface area contributed by atoms with E-state index in [-0.39, 0.29) is 5.91 Å². The van der Waals surface area contributed by atoms with Gasteiger partial charge in [-0.3, -0.25) is 4.79 Å². The number of imidazole rings is 1. The number of fused-ring (bicyclic) bond motifs is 1. The first-order valence-electron chi connectivity index (χ1n) is 10.4. The Kier molecular flexibility index (Phi) is 5.67. The zero-order valence-corrected chi connectivity index (χ0v) is 17.0. The Morgan fingerprint density at radius 3 is 2.75 bits per heavy atom. The lowest BCUT2D eigenvalue weighted by Gasteiger charge is -2.37. The Balaban J connectivity index is 1.37. The predicted octanol–water partition coefficient (Wildman–Crippen LogP) is 2.25. The summed E-state index contributed by atoms with van der Waals surface area (Å²) >= 11 is 0. The summed E-state index contributed by atoms with van der Waals surface area (Å²) in [7, 11) is 2.23. The average molecular weight is 382 g/mol. The van der Waals surface area contributed by atoms with E-state index in [1.54, 1.807) is 6.92 Å². The summed E-state index contributed by atoms with van der Waals surface area (Å²) in [5.74, 6) is 2.08. The fourth-order valence-corrected chi connectivity index (χ4v) is 4.58. The second kappa shape index (κ2) is 8.35. The third-order valence-electron chi connectivity index (χ3n) is 6.12. The number of carbonyl (C=O) groups excluding carboxylic acids is 1. The van der Waals surface area contributed by atoms with E-state index in [0.29, 0.717) is 5.92 Å². The summed E-state index contributed by atoms with van der Waals surface area (Å²) in [5.41, 5.74) is 2.69. The van der Waals surface area contributed by atoms with Crippen molar-refractivity contribution < 1.29 is 4.79 Å². The van der Waals surface area contributed by atoms with Gasteiger partial charge >= 0.3 is 0 Å². The third-order valence-corrected chi connectivity index (χ3v) is 6.12. The molecule has 2 aliphatic heterocycles. The number of piperazine rings is 1. The minimum Gasteiger partial charge on any atom is -0.368 e. The largest absolute Gasteiger partial charge is 0.368 e. The van der Waals surface area contributed by atoms with E-state index in [4.69, 9.17) is 0 Å². The lowest BCUT2D eigenvalue weighted by atomic mass is 9.97. The van der Waals surface area contributed by atoms with Crippen molar-refractivity contribution in [3.63, 3.8) is 0 Å². The quantitative estimate of drug-likeness (QED) is 0.797. The Bertz CT molecular complexity index is 809. The first-order chi connectivity index (χ1) is 13.6. The lowest BCUT2D eigenvalue weighted by Crippen LogP contribution is -2.48. The van der Waals surface area contributed by atoms with Crippen LogP contribution in [0.4, 0.5) is 5.69 Å². The number of nitrogens with zero attached hydrogens (tertiary/aromatic N) is 5. The maximum Gasteiger partial charge on any atom is 0.219 e. The van der Waals surface area contributed by atoms with Crippen LogP contribution in [0.5, 0.6) is 0 Å². The van der Waals surface area contributed by atoms with E-state index in [1.165, 1.54) is 23.5 Å². The summed E-state index contributed by atoms with van der Waals surface area (Å²) in [4.78, 5) is 22.9. The van der Waals surface area contributed by atoms with Crippen molar-refractivity contribution in [1.82, 2.24) is 19.4 Å². The van der Waals surface area contributed by atoms with Crippen LogP contribution >= 0.6 is 0 Å². The van der Waals surface area contributed by atoms with Crippen LogP contribution in [0.15, 0.2) is 36.7 Å². The minimum absolute atomic E-state index is 0.181. The van der Waals surface area contributed by atoms with Crippen LogP contribution in [-0.4, -0.2) is 65.0 Å². The number of hydrogen-bond acceptors (Lipinski definition) is 4. The zero-order valence-electron chi connectivity index (χ0n) is 17.0. The van der Waals surface area contributed by atoms with E-state index in [9.17, 15) is 4.79 Å². The van der Waals surface area contributed by atoms with Crippen LogP contribution in [0.1, 0.15) is 24.7 Å². The molecule has 0 saturated carbocycles. The van der Waals surface area contributed by atoms with Crippen molar-refractivity contribution in [3.8, 4) is 0 Å². The SMILES string of the molecule is CC(=O)N1CCN(c2ccccc2CN(C)CC2CCn3ccnc3C2)CC1. The van der Waals surface area contributed by atoms with Crippen LogP contribution in [0.3, 0.4) is 0 Å². The van der Waals surface area contributed by atoms with Crippen molar-refractivity contribution in [3.05, 3.63) is 48.0 Å². The highest BCUT2D eigenvalue weighted by Gasteiger charge is 2.23. The smallest absolute Gasteiger partial charge is 0.219 e. The molecule has 4 rings (SSSR count). The maximum absolute atomic E-state index is 11.6. The molecule has 0 radical (unpaired) electrons. The van der Waals surface area contributed by atoms with E-state index in [0.717, 1.165) is 52.2 Å². The van der Waals surface area contributed by atoms with Gasteiger partial charge in [-0.05, 0) is 31.0 Å². The number of aromatic nitrogens is 2. The predicted molar refractivity (Wildman–Crippen MR) is 111 cm³/mol. The van der Waals surface area contributed by atoms with Gasteiger partial charge in [0.25, 0.3) is 0 Å². The van der Waals surface area contributed by atoms with Gasteiger partial charge in [0.2, 0.25) is 5.91 Å². The monoisotopic (exact) mass is 381 g/mol. The van der Waals surface area contributed by atoms with Gasteiger partial charge in [-0.1, -0.05) is 18.2 Å². The number of benzene rings is 1. The van der Waals surface area contributed by atoms with Crippen LogP contribution < -0.4 is 4.90 Å². The van der Waals surface area contributed by atoms with Gasteiger partial charge in [0.1, 0.15) is 5.82 Å². The molecule has 150 valence electrons. The lowest BCUT2D eigenvalue weighted by molar-refractivity contribution is -0.129. The van der Waals surface area contributed by atoms with Crippen LogP contribution in [0.2, 0.25) is 0 Å². The van der Waals surface area contributed by atoms with Gasteiger partial charge in [-0.15, -0.1) is 0 Å². The normalized spacial score (nSPS) is 19.8. The summed E-state index contributed by atoms with van der Waals surface area (Å²) in [6, 6.07) is 8.73. The summed E-state index contributed by atoms with van der Waals surface area (Å²) in [5, 5.41) is 0. The minimum atomic E-state index is 0.181. The van der Waals surface area contributed by atoms with Gasteiger partial charge in [-0.25, -0.2) is 4.98 Å². The molecule has 1 amide bonds. The van der Waals surface area contributed by atoms with Crippen molar-refractivity contribution in [1.29, 1.82) is 0 Å². The molecule has 6 nitrogen and oxygen atoms in total. The average Bonchev–Trinajstić information content (AvgIpc) is 3.16. The molecule has 0 N–H and O–H groups in total. The van der Waals surface area contributed by atoms with Gasteiger partial charge in [0.05, 0.1) is 0 Å². The van der Waals surface area contributed by atoms with Crippen molar-refractivity contribution in [2.75, 3.05) is 44.7 Å². The summed E-state index contributed by atoms with van der Waals surface area (Å²) < 4.78 is 2.28. The summed E-state index contributed by atoms with van der Waals surface area (Å²) in [6.45, 7) is 8.24. The van der Waals surface area contributed by atoms with Crippen LogP contribution in [-0.2, 0) is 24.3 Å². The molecule has 2 aliphatic rings. The molecule has 2 aromatic rings. The number of carbonyl (C=O) groups is 1. The maximum atomic E-state index is 11.6. The molecule has 1 saturated heterocycles. The zero-order chi connectivity index (χ0) is 19.5. The third kappa shape index (κ3) is 4.22. The van der Waals surface area contributed by atoms with Crippen molar-refractivity contribution in [2.45, 2.75) is 32.9 Å². The topological polar surface area (TPSA) is 44.6 Å². The fraction of sp³-hybridized carbons (Fsp3) is 0.545. The first-order valence-corrected chi connectivity index (χ1v) is 10.4. The molecule has 0 aliphatic carbocycles. The molecule has 0 bridgehead atoms. The van der Waals surface area contributed by atoms with Crippen LogP contribution in [0.25, 0.3) is 0 Å². The number of rotatable bonds is 5. The highest BCUT2D eigenvalue weighted by atomic mass is 16.2. The molecule has 3 heterocycles. The van der Waals surface area contributed by atoms with E-state index >= 15 is 0 Å². The number of amides is 1. The first kappa shape index (κ1) is 19.0. The van der Waals surface area contributed by atoms with Gasteiger partial charge in [0, 0.05) is 77.2 Å². The molecule has 0 spiro atoms. The summed E-state index contributed by atoms with van der Waals surface area (Å²) in [6.07, 6.45) is 6.31. The van der Waals surface area contributed by atoms with Crippen molar-refractivity contribution >= 4 is 11.6 Å². The Labute approximate surface area is 167 Å². The fourth-order valence-electron chi connectivity index (χ4n) is 4.58. The second-order valence-electron chi connectivity index (χ2n) is 8.21. The number of anilines is 1. The van der Waals surface area contributed by atoms with E-state index in [2.05, 4.69) is 56.9 Å². The molecule has 1 aromatic carbocycles. The molecule has 1 unspecified atom stereocenters. The second-order valence-corrected chi connectivity index (χ2v) is 8.21. The van der Waals surface area contributed by atoms with Gasteiger partial charge < -0.3 is 19.3 Å². The molecule has 1 aromatic heterocycles. The standard InChI is InChI=1S/C22H31N5O/c1-18(28)25-11-13-26(14-12-25)21-6-4-3-5-20(21)17-24(2)16-19-7-9-27-10-8-23-22(27)15-19/h3-6,8,10,19H,7,9,11-17H2,1-2H3. The molecular weight excluding hydrogens is 350 g/mol. The molecule has 1 fully saturated rings. The molecule has 6 heteroatoms. The highest BCUT2D eigenvalue weighted by Crippen LogP contribution is 2.25. The number of para-hydroxylation sites is 1. The van der Waals surface area contributed by atoms with Gasteiger partial charge in [-0.2, -0.15) is 0 Å². The highest BCUT2D eigenvalue weighted by molar-refractivity contribution is 5.73. The van der Waals surface area contributed by atoms with Crippen molar-refractivity contribution in [2.24, 2.45) is 5.92 Å². The number of hydrogen-bond donors (Lipinski definition) is 0. The molecule has 28 heavy (non-hydrogen) atoms. The van der Waals surface area contributed by atoms with E-state index in [1.807, 2.05) is 11.1 Å². The van der Waals surface area contributed by atoms with Crippen LogP contribution in [0, 0.1) is 5.92 Å². The Morgan fingerprint density at radius 2 is 1.96 bits per heavy atom. The Hall–Kier alpha value is -2.34. The number of aryl methyl sites for hydroxylation is 1. The molecular formula is C22H31N5O. The molecule has 1 atom stereocenters. The van der Waals surface area contributed by atoms with Gasteiger partial charge in [0.15, 0.2) is 0 Å². The van der Waals surface area contributed by atoms with E-state index < -0.39 is 0 Å². The Morgan fingerprint density at radius 1 is 1.18 bits per heavy atom.